The summed E-state index contributed by atoms with van der Waals surface area (Å²) in [6.45, 7) is 1.30. The van der Waals surface area contributed by atoms with Crippen molar-refractivity contribution in [3.8, 4) is 0 Å². The number of ether oxygens (including phenoxy) is 3. The Balaban J connectivity index is 0.000000215. The van der Waals surface area contributed by atoms with Crippen LogP contribution in [0, 0.1) is 11.8 Å². The van der Waals surface area contributed by atoms with Gasteiger partial charge in [-0.05, 0) is 67.6 Å². The van der Waals surface area contributed by atoms with E-state index in [2.05, 4.69) is 5.32 Å². The smallest absolute Gasteiger partial charge is 0.409 e. The number of methoxy groups -OCH3 is 3. The van der Waals surface area contributed by atoms with Crippen LogP contribution in [-0.4, -0.2) is 57.4 Å². The molecule has 0 spiro atoms. The molecule has 2 saturated heterocycles. The van der Waals surface area contributed by atoms with Crippen LogP contribution in [0.1, 0.15) is 48.9 Å². The summed E-state index contributed by atoms with van der Waals surface area (Å²) in [6.07, 6.45) is 2.33. The van der Waals surface area contributed by atoms with E-state index in [-0.39, 0.29) is 35.9 Å². The highest BCUT2D eigenvalue weighted by atomic mass is 35.5. The van der Waals surface area contributed by atoms with Crippen molar-refractivity contribution in [2.24, 2.45) is 11.8 Å². The molecule has 1 N–H and O–H groups in total. The van der Waals surface area contributed by atoms with Gasteiger partial charge >= 0.3 is 18.0 Å². The molecule has 0 aromatic heterocycles. The Labute approximate surface area is 233 Å². The maximum absolute atomic E-state index is 11.9. The second-order valence-electron chi connectivity index (χ2n) is 9.28. The predicted molar refractivity (Wildman–Crippen MR) is 145 cm³/mol. The van der Waals surface area contributed by atoms with Crippen LogP contribution in [-0.2, 0) is 23.8 Å². The Kier molecular flexibility index (Phi) is 11.2. The third kappa shape index (κ3) is 7.85. The zero-order valence-electron chi connectivity index (χ0n) is 21.8. The minimum atomic E-state index is -0.390. The number of carbonyl (C=O) groups is 3. The molecule has 4 rings (SSSR count). The van der Waals surface area contributed by atoms with E-state index in [4.69, 9.17) is 37.4 Å². The average Bonchev–Trinajstić information content (AvgIpc) is 2.96. The summed E-state index contributed by atoms with van der Waals surface area (Å²) in [6, 6.07) is 15.0. The highest BCUT2D eigenvalue weighted by Crippen LogP contribution is 2.35. The summed E-state index contributed by atoms with van der Waals surface area (Å²) in [5.41, 5.74) is 2.10. The molecule has 38 heavy (non-hydrogen) atoms. The molecule has 0 saturated carbocycles. The molecule has 8 nitrogen and oxygen atoms in total. The molecule has 206 valence electrons. The quantitative estimate of drug-likeness (QED) is 0.382. The number of likely N-dealkylation sites (tertiary alicyclic amines) is 1. The van der Waals surface area contributed by atoms with Crippen LogP contribution in [0.3, 0.4) is 0 Å². The van der Waals surface area contributed by atoms with Gasteiger partial charge < -0.3 is 24.4 Å². The fourth-order valence-electron chi connectivity index (χ4n) is 4.93. The van der Waals surface area contributed by atoms with Gasteiger partial charge in [0.25, 0.3) is 0 Å². The van der Waals surface area contributed by atoms with Crippen LogP contribution in [0.4, 0.5) is 4.79 Å². The third-order valence-corrected chi connectivity index (χ3v) is 7.52. The molecule has 2 heterocycles. The Morgan fingerprint density at radius 1 is 0.763 bits per heavy atom. The maximum Gasteiger partial charge on any atom is 0.409 e. The van der Waals surface area contributed by atoms with E-state index in [1.54, 1.807) is 17.0 Å². The SMILES string of the molecule is COC(=O)C1CCN(C(=O)OC)C(c2ccc(Cl)cc2)C1.COC(=O)C1CCNC(c2ccc(Cl)cc2)C1. The molecule has 2 aliphatic rings. The molecule has 2 aliphatic heterocycles. The predicted octanol–water partition coefficient (Wildman–Crippen LogP) is 5.59. The number of carbonyl (C=O) groups excluding carboxylic acids is 3. The van der Waals surface area contributed by atoms with Gasteiger partial charge in [0, 0.05) is 22.6 Å². The van der Waals surface area contributed by atoms with Crippen LogP contribution in [0.15, 0.2) is 48.5 Å². The lowest BCUT2D eigenvalue weighted by molar-refractivity contribution is -0.148. The first kappa shape index (κ1) is 29.7. The summed E-state index contributed by atoms with van der Waals surface area (Å²) >= 11 is 11.8. The Bertz CT molecular complexity index is 1080. The van der Waals surface area contributed by atoms with Crippen molar-refractivity contribution in [3.05, 3.63) is 69.7 Å². The van der Waals surface area contributed by atoms with Gasteiger partial charge in [-0.1, -0.05) is 47.5 Å². The number of halogens is 2. The molecule has 10 heteroatoms. The van der Waals surface area contributed by atoms with E-state index in [0.29, 0.717) is 24.4 Å². The molecule has 1 amide bonds. The minimum absolute atomic E-state index is 0.00179. The number of piperidine rings is 2. The third-order valence-electron chi connectivity index (χ3n) is 7.01. The molecule has 2 aromatic carbocycles. The summed E-state index contributed by atoms with van der Waals surface area (Å²) in [7, 11) is 4.18. The molecule has 0 bridgehead atoms. The highest BCUT2D eigenvalue weighted by Gasteiger charge is 2.36. The standard InChI is InChI=1S/C15H18ClNO4.C13H16ClNO2/c1-20-14(18)11-7-8-17(15(19)21-2)13(9-11)10-3-5-12(16)6-4-10;1-17-13(16)10-6-7-15-12(8-10)9-2-4-11(14)5-3-9/h3-6,11,13H,7-9H2,1-2H3;2-5,10,12,15H,6-8H2,1H3. The molecule has 4 unspecified atom stereocenters. The number of hydrogen-bond acceptors (Lipinski definition) is 7. The minimum Gasteiger partial charge on any atom is -0.469 e. The van der Waals surface area contributed by atoms with Crippen LogP contribution in [0.2, 0.25) is 10.0 Å². The van der Waals surface area contributed by atoms with Gasteiger partial charge in [-0.3, -0.25) is 9.59 Å². The molecule has 0 aliphatic carbocycles. The Morgan fingerprint density at radius 3 is 1.82 bits per heavy atom. The lowest BCUT2D eigenvalue weighted by Gasteiger charge is -2.37. The second-order valence-corrected chi connectivity index (χ2v) is 10.2. The van der Waals surface area contributed by atoms with Gasteiger partial charge in [0.1, 0.15) is 0 Å². The summed E-state index contributed by atoms with van der Waals surface area (Å²) in [5.74, 6) is -0.553. The van der Waals surface area contributed by atoms with Gasteiger partial charge in [-0.2, -0.15) is 0 Å². The van der Waals surface area contributed by atoms with E-state index in [0.717, 1.165) is 30.0 Å². The molecule has 2 fully saturated rings. The van der Waals surface area contributed by atoms with Crippen LogP contribution >= 0.6 is 23.2 Å². The number of esters is 2. The number of rotatable bonds is 4. The van der Waals surface area contributed by atoms with Gasteiger partial charge in [0.2, 0.25) is 0 Å². The molecule has 2 aromatic rings. The number of nitrogens with zero attached hydrogens (tertiary/aromatic N) is 1. The summed E-state index contributed by atoms with van der Waals surface area (Å²) in [4.78, 5) is 36.9. The lowest BCUT2D eigenvalue weighted by atomic mass is 9.87. The zero-order chi connectivity index (χ0) is 27.7. The molecule has 4 atom stereocenters. The fraction of sp³-hybridized carbons (Fsp3) is 0.464. The molecular weight excluding hydrogens is 531 g/mol. The van der Waals surface area contributed by atoms with Crippen molar-refractivity contribution in [1.82, 2.24) is 10.2 Å². The number of hydrogen-bond donors (Lipinski definition) is 1. The fourth-order valence-corrected chi connectivity index (χ4v) is 5.18. The largest absolute Gasteiger partial charge is 0.469 e. The van der Waals surface area contributed by atoms with Gasteiger partial charge in [-0.15, -0.1) is 0 Å². The van der Waals surface area contributed by atoms with E-state index in [1.165, 1.54) is 26.9 Å². The van der Waals surface area contributed by atoms with Crippen molar-refractivity contribution >= 4 is 41.2 Å². The van der Waals surface area contributed by atoms with E-state index >= 15 is 0 Å². The Hall–Kier alpha value is -2.81. The van der Waals surface area contributed by atoms with Crippen molar-refractivity contribution in [2.45, 2.75) is 37.8 Å². The number of amides is 1. The van der Waals surface area contributed by atoms with Crippen molar-refractivity contribution in [3.63, 3.8) is 0 Å². The van der Waals surface area contributed by atoms with Crippen molar-refractivity contribution in [1.29, 1.82) is 0 Å². The zero-order valence-corrected chi connectivity index (χ0v) is 23.3. The number of nitrogens with one attached hydrogen (secondary N) is 1. The van der Waals surface area contributed by atoms with E-state index < -0.39 is 6.09 Å². The van der Waals surface area contributed by atoms with Crippen LogP contribution in [0.5, 0.6) is 0 Å². The monoisotopic (exact) mass is 564 g/mol. The number of benzene rings is 2. The van der Waals surface area contributed by atoms with Crippen molar-refractivity contribution < 1.29 is 28.6 Å². The highest BCUT2D eigenvalue weighted by molar-refractivity contribution is 6.30. The van der Waals surface area contributed by atoms with Crippen LogP contribution in [0.25, 0.3) is 0 Å². The van der Waals surface area contributed by atoms with Gasteiger partial charge in [-0.25, -0.2) is 4.79 Å². The summed E-state index contributed by atoms with van der Waals surface area (Å²) < 4.78 is 14.5. The topological polar surface area (TPSA) is 94.2 Å². The average molecular weight is 565 g/mol. The summed E-state index contributed by atoms with van der Waals surface area (Å²) in [5, 5.41) is 4.77. The second kappa shape index (κ2) is 14.4. The van der Waals surface area contributed by atoms with Gasteiger partial charge in [0.15, 0.2) is 0 Å². The first-order valence-electron chi connectivity index (χ1n) is 12.5. The maximum atomic E-state index is 11.9. The first-order valence-corrected chi connectivity index (χ1v) is 13.3. The normalized spacial score (nSPS) is 22.9. The molecule has 0 radical (unpaired) electrons. The molecular formula is C28H34Cl2N2O6. The van der Waals surface area contributed by atoms with Crippen molar-refractivity contribution in [2.75, 3.05) is 34.4 Å². The van der Waals surface area contributed by atoms with Crippen LogP contribution < -0.4 is 5.32 Å². The first-order chi connectivity index (χ1) is 18.3. The Morgan fingerprint density at radius 2 is 1.29 bits per heavy atom. The van der Waals surface area contributed by atoms with E-state index in [1.807, 2.05) is 36.4 Å². The lowest BCUT2D eigenvalue weighted by Crippen LogP contribution is -2.42. The van der Waals surface area contributed by atoms with Gasteiger partial charge in [0.05, 0.1) is 39.2 Å². The van der Waals surface area contributed by atoms with E-state index in [9.17, 15) is 14.4 Å².